The Kier molecular flexibility index (Phi) is 4.75. The van der Waals surface area contributed by atoms with E-state index >= 15 is 0 Å². The number of thioether (sulfide) groups is 1. The van der Waals surface area contributed by atoms with Crippen LogP contribution in [0.5, 0.6) is 0 Å². The van der Waals surface area contributed by atoms with E-state index in [-0.39, 0.29) is 17.9 Å². The molecule has 0 aliphatic carbocycles. The van der Waals surface area contributed by atoms with Crippen LogP contribution in [0.3, 0.4) is 0 Å². The van der Waals surface area contributed by atoms with Crippen LogP contribution in [0.25, 0.3) is 0 Å². The third-order valence-corrected chi connectivity index (χ3v) is 4.50. The molecule has 1 atom stereocenters. The van der Waals surface area contributed by atoms with E-state index in [1.165, 1.54) is 0 Å². The number of furan rings is 1. The smallest absolute Gasteiger partial charge is 0.290 e. The first-order chi connectivity index (χ1) is 11.1. The second-order valence-corrected chi connectivity index (χ2v) is 6.87. The Morgan fingerprint density at radius 3 is 3.00 bits per heavy atom. The van der Waals surface area contributed by atoms with E-state index in [9.17, 15) is 4.79 Å². The van der Waals surface area contributed by atoms with Crippen LogP contribution in [0, 0.1) is 0 Å². The Balaban J connectivity index is 1.78. The Morgan fingerprint density at radius 1 is 1.48 bits per heavy atom. The molecule has 0 spiro atoms. The van der Waals surface area contributed by atoms with Gasteiger partial charge in [-0.3, -0.25) is 4.79 Å². The second kappa shape index (κ2) is 6.78. The molecule has 7 heteroatoms. The summed E-state index contributed by atoms with van der Waals surface area (Å²) >= 11 is 1.66. The molecule has 3 heterocycles. The van der Waals surface area contributed by atoms with Crippen molar-refractivity contribution in [1.29, 1.82) is 0 Å². The molecular weight excluding hydrogens is 314 g/mol. The molecular formula is C16H21N3O3S. The Labute approximate surface area is 139 Å². The van der Waals surface area contributed by atoms with Crippen molar-refractivity contribution in [2.45, 2.75) is 44.4 Å². The molecule has 0 saturated carbocycles. The zero-order valence-corrected chi connectivity index (χ0v) is 14.4. The molecule has 1 fully saturated rings. The largest absolute Gasteiger partial charge is 0.455 e. The fourth-order valence-corrected chi connectivity index (χ4v) is 3.18. The van der Waals surface area contributed by atoms with E-state index < -0.39 is 0 Å². The first-order valence-electron chi connectivity index (χ1n) is 7.82. The van der Waals surface area contributed by atoms with Gasteiger partial charge in [0, 0.05) is 12.5 Å². The van der Waals surface area contributed by atoms with E-state index in [0.717, 1.165) is 24.4 Å². The third-order valence-electron chi connectivity index (χ3n) is 3.93. The highest BCUT2D eigenvalue weighted by Crippen LogP contribution is 2.33. The third kappa shape index (κ3) is 3.29. The van der Waals surface area contributed by atoms with E-state index in [4.69, 9.17) is 8.94 Å². The molecule has 2 aromatic rings. The number of carbonyl (C=O) groups excluding carboxylic acids is 1. The van der Waals surface area contributed by atoms with Gasteiger partial charge in [0.2, 0.25) is 5.89 Å². The maximum Gasteiger partial charge on any atom is 0.290 e. The molecule has 23 heavy (non-hydrogen) atoms. The van der Waals surface area contributed by atoms with Gasteiger partial charge in [-0.1, -0.05) is 19.0 Å². The predicted molar refractivity (Wildman–Crippen MR) is 87.3 cm³/mol. The minimum atomic E-state index is -0.156. The molecule has 6 nitrogen and oxygen atoms in total. The number of carbonyl (C=O) groups is 1. The maximum absolute atomic E-state index is 12.7. The quantitative estimate of drug-likeness (QED) is 0.831. The number of rotatable bonds is 5. The van der Waals surface area contributed by atoms with Crippen LogP contribution in [0.1, 0.15) is 66.7 Å². The van der Waals surface area contributed by atoms with Crippen LogP contribution in [0.2, 0.25) is 0 Å². The lowest BCUT2D eigenvalue weighted by Crippen LogP contribution is -2.30. The van der Waals surface area contributed by atoms with Crippen LogP contribution in [-0.2, 0) is 5.75 Å². The van der Waals surface area contributed by atoms with Crippen molar-refractivity contribution in [3.05, 3.63) is 35.4 Å². The lowest BCUT2D eigenvalue weighted by molar-refractivity contribution is 0.0676. The fourth-order valence-electron chi connectivity index (χ4n) is 2.74. The molecule has 2 aromatic heterocycles. The summed E-state index contributed by atoms with van der Waals surface area (Å²) in [6.07, 6.45) is 3.76. The molecule has 124 valence electrons. The number of hydrogen-bond donors (Lipinski definition) is 0. The van der Waals surface area contributed by atoms with Crippen LogP contribution in [0.4, 0.5) is 0 Å². The molecule has 0 bridgehead atoms. The molecule has 0 radical (unpaired) electrons. The summed E-state index contributed by atoms with van der Waals surface area (Å²) in [4.78, 5) is 18.9. The summed E-state index contributed by atoms with van der Waals surface area (Å²) in [6.45, 7) is 4.71. The summed E-state index contributed by atoms with van der Waals surface area (Å²) in [5.74, 6) is 3.26. The second-order valence-electron chi connectivity index (χ2n) is 6.00. The summed E-state index contributed by atoms with van der Waals surface area (Å²) in [5.41, 5.74) is 0. The molecule has 0 N–H and O–H groups in total. The van der Waals surface area contributed by atoms with Gasteiger partial charge in [0.1, 0.15) is 11.8 Å². The molecule has 1 aliphatic heterocycles. The number of likely N-dealkylation sites (tertiary alicyclic amines) is 1. The minimum absolute atomic E-state index is 0.107. The highest BCUT2D eigenvalue weighted by Gasteiger charge is 2.35. The van der Waals surface area contributed by atoms with Crippen LogP contribution in [-0.4, -0.2) is 33.7 Å². The molecule has 3 rings (SSSR count). The lowest BCUT2D eigenvalue weighted by atomic mass is 10.2. The van der Waals surface area contributed by atoms with Crippen LogP contribution >= 0.6 is 11.8 Å². The van der Waals surface area contributed by atoms with E-state index in [2.05, 4.69) is 10.1 Å². The molecule has 1 aliphatic rings. The van der Waals surface area contributed by atoms with Crippen molar-refractivity contribution in [1.82, 2.24) is 15.0 Å². The zero-order chi connectivity index (χ0) is 16.4. The van der Waals surface area contributed by atoms with Crippen LogP contribution in [0.15, 0.2) is 21.1 Å². The minimum Gasteiger partial charge on any atom is -0.455 e. The number of nitrogens with zero attached hydrogens (tertiary/aromatic N) is 3. The number of amides is 1. The first kappa shape index (κ1) is 16.1. The Bertz CT molecular complexity index is 680. The standard InChI is InChI=1S/C16H21N3O3S/c1-10(2)14-17-15(22-18-14)12-5-4-8-19(12)16(20)13-7-6-11(21-13)9-23-3/h6-7,10,12H,4-5,8-9H2,1-3H3/t12-/m1/s1. The van der Waals surface area contributed by atoms with Crippen molar-refractivity contribution >= 4 is 17.7 Å². The number of aromatic nitrogens is 2. The van der Waals surface area contributed by atoms with E-state index in [0.29, 0.717) is 24.0 Å². The first-order valence-corrected chi connectivity index (χ1v) is 9.21. The Hall–Kier alpha value is -1.76. The van der Waals surface area contributed by atoms with E-state index in [1.54, 1.807) is 22.7 Å². The zero-order valence-electron chi connectivity index (χ0n) is 13.6. The van der Waals surface area contributed by atoms with Gasteiger partial charge in [0.05, 0.1) is 5.75 Å². The maximum atomic E-state index is 12.7. The van der Waals surface area contributed by atoms with Gasteiger partial charge in [0.25, 0.3) is 5.91 Å². The SMILES string of the molecule is CSCc1ccc(C(=O)N2CCC[C@@H]2c2nc(C(C)C)no2)o1. The van der Waals surface area contributed by atoms with Crippen molar-refractivity contribution < 1.29 is 13.7 Å². The van der Waals surface area contributed by atoms with E-state index in [1.807, 2.05) is 26.2 Å². The molecule has 0 unspecified atom stereocenters. The van der Waals surface area contributed by atoms with Gasteiger partial charge in [-0.05, 0) is 31.2 Å². The topological polar surface area (TPSA) is 72.4 Å². The normalized spacial score (nSPS) is 18.1. The van der Waals surface area contributed by atoms with Crippen molar-refractivity contribution in [2.24, 2.45) is 0 Å². The van der Waals surface area contributed by atoms with Gasteiger partial charge in [0.15, 0.2) is 11.6 Å². The monoisotopic (exact) mass is 335 g/mol. The van der Waals surface area contributed by atoms with Gasteiger partial charge < -0.3 is 13.8 Å². The lowest BCUT2D eigenvalue weighted by Gasteiger charge is -2.20. The molecule has 1 amide bonds. The summed E-state index contributed by atoms with van der Waals surface area (Å²) in [7, 11) is 0. The fraction of sp³-hybridized carbons (Fsp3) is 0.562. The van der Waals surface area contributed by atoms with Crippen LogP contribution < -0.4 is 0 Å². The predicted octanol–water partition coefficient (Wildman–Crippen LogP) is 3.63. The Morgan fingerprint density at radius 2 is 2.30 bits per heavy atom. The van der Waals surface area contributed by atoms with Gasteiger partial charge in [-0.25, -0.2) is 0 Å². The highest BCUT2D eigenvalue weighted by atomic mass is 32.2. The van der Waals surface area contributed by atoms with Crippen molar-refractivity contribution in [3.63, 3.8) is 0 Å². The van der Waals surface area contributed by atoms with Gasteiger partial charge in [-0.2, -0.15) is 16.7 Å². The van der Waals surface area contributed by atoms with Gasteiger partial charge in [-0.15, -0.1) is 0 Å². The van der Waals surface area contributed by atoms with Crippen molar-refractivity contribution in [2.75, 3.05) is 12.8 Å². The average Bonchev–Trinajstić information content (AvgIpc) is 3.26. The van der Waals surface area contributed by atoms with Crippen molar-refractivity contribution in [3.8, 4) is 0 Å². The highest BCUT2D eigenvalue weighted by molar-refractivity contribution is 7.97. The summed E-state index contributed by atoms with van der Waals surface area (Å²) in [6, 6.07) is 3.45. The van der Waals surface area contributed by atoms with Gasteiger partial charge >= 0.3 is 0 Å². The summed E-state index contributed by atoms with van der Waals surface area (Å²) in [5, 5.41) is 4.00. The summed E-state index contributed by atoms with van der Waals surface area (Å²) < 4.78 is 11.0. The molecule has 0 aromatic carbocycles. The number of hydrogen-bond acceptors (Lipinski definition) is 6. The molecule has 1 saturated heterocycles. The average molecular weight is 335 g/mol.